The maximum absolute atomic E-state index is 4.64. The van der Waals surface area contributed by atoms with E-state index in [1.165, 1.54) is 16.6 Å². The zero-order valence-corrected chi connectivity index (χ0v) is 11.6. The Morgan fingerprint density at radius 2 is 1.78 bits per heavy atom. The maximum atomic E-state index is 4.64. The Labute approximate surface area is 110 Å². The standard InChI is InChI=1S/C16H22N2/c1-4-15-9-8-14-11-13(7-10-16(14)17-15)12-18(5-2)6-3/h7-11H,4-6,12H2,1-3H3. The summed E-state index contributed by atoms with van der Waals surface area (Å²) < 4.78 is 0. The molecule has 18 heavy (non-hydrogen) atoms. The highest BCUT2D eigenvalue weighted by Gasteiger charge is 2.03. The number of hydrogen-bond donors (Lipinski definition) is 0. The first-order valence-electron chi connectivity index (χ1n) is 6.87. The van der Waals surface area contributed by atoms with Crippen molar-refractivity contribution in [2.24, 2.45) is 0 Å². The molecule has 2 heteroatoms. The van der Waals surface area contributed by atoms with Gasteiger partial charge in [0.15, 0.2) is 0 Å². The number of pyridine rings is 1. The van der Waals surface area contributed by atoms with Gasteiger partial charge in [-0.2, -0.15) is 0 Å². The highest BCUT2D eigenvalue weighted by Crippen LogP contribution is 2.16. The van der Waals surface area contributed by atoms with Gasteiger partial charge in [0.05, 0.1) is 5.52 Å². The molecule has 96 valence electrons. The van der Waals surface area contributed by atoms with Gasteiger partial charge in [-0.25, -0.2) is 0 Å². The van der Waals surface area contributed by atoms with Crippen LogP contribution in [0.2, 0.25) is 0 Å². The first kappa shape index (κ1) is 13.0. The van der Waals surface area contributed by atoms with Crippen molar-refractivity contribution in [3.05, 3.63) is 41.6 Å². The summed E-state index contributed by atoms with van der Waals surface area (Å²) in [5.74, 6) is 0. The average Bonchev–Trinajstić information content (AvgIpc) is 2.44. The van der Waals surface area contributed by atoms with Gasteiger partial charge in [0.25, 0.3) is 0 Å². The molecule has 0 saturated heterocycles. The van der Waals surface area contributed by atoms with Gasteiger partial charge in [0.1, 0.15) is 0 Å². The van der Waals surface area contributed by atoms with Crippen LogP contribution >= 0.6 is 0 Å². The van der Waals surface area contributed by atoms with Gasteiger partial charge in [-0.15, -0.1) is 0 Å². The topological polar surface area (TPSA) is 16.1 Å². The van der Waals surface area contributed by atoms with Gasteiger partial charge in [-0.05, 0) is 43.3 Å². The zero-order valence-electron chi connectivity index (χ0n) is 11.6. The van der Waals surface area contributed by atoms with Crippen molar-refractivity contribution >= 4 is 10.9 Å². The van der Waals surface area contributed by atoms with Crippen LogP contribution in [0.1, 0.15) is 32.0 Å². The van der Waals surface area contributed by atoms with Gasteiger partial charge in [-0.3, -0.25) is 9.88 Å². The Kier molecular flexibility index (Phi) is 4.32. The quantitative estimate of drug-likeness (QED) is 0.795. The number of aryl methyl sites for hydroxylation is 1. The lowest BCUT2D eigenvalue weighted by Crippen LogP contribution is -2.22. The van der Waals surface area contributed by atoms with Crippen LogP contribution in [0.15, 0.2) is 30.3 Å². The minimum absolute atomic E-state index is 0.997. The second-order valence-electron chi connectivity index (χ2n) is 4.64. The van der Waals surface area contributed by atoms with E-state index >= 15 is 0 Å². The Morgan fingerprint density at radius 3 is 2.44 bits per heavy atom. The Bertz CT molecular complexity index is 515. The number of aromatic nitrogens is 1. The lowest BCUT2D eigenvalue weighted by atomic mass is 10.1. The number of hydrogen-bond acceptors (Lipinski definition) is 2. The van der Waals surface area contributed by atoms with Crippen LogP contribution in [0.3, 0.4) is 0 Å². The summed E-state index contributed by atoms with van der Waals surface area (Å²) in [4.78, 5) is 7.07. The fourth-order valence-corrected chi connectivity index (χ4v) is 2.22. The van der Waals surface area contributed by atoms with E-state index in [2.05, 4.69) is 61.0 Å². The molecule has 2 rings (SSSR count). The fraction of sp³-hybridized carbons (Fsp3) is 0.438. The highest BCUT2D eigenvalue weighted by atomic mass is 15.1. The van der Waals surface area contributed by atoms with Gasteiger partial charge in [-0.1, -0.05) is 32.9 Å². The molecule has 2 aromatic rings. The molecular formula is C16H22N2. The minimum Gasteiger partial charge on any atom is -0.300 e. The van der Waals surface area contributed by atoms with Crippen molar-refractivity contribution < 1.29 is 0 Å². The summed E-state index contributed by atoms with van der Waals surface area (Å²) in [6.45, 7) is 9.78. The Balaban J connectivity index is 2.27. The third kappa shape index (κ3) is 2.88. The maximum Gasteiger partial charge on any atom is 0.0705 e. The van der Waals surface area contributed by atoms with Crippen molar-refractivity contribution in [1.29, 1.82) is 0 Å². The zero-order chi connectivity index (χ0) is 13.0. The summed E-state index contributed by atoms with van der Waals surface area (Å²) in [6, 6.07) is 10.9. The normalized spacial score (nSPS) is 11.3. The summed E-state index contributed by atoms with van der Waals surface area (Å²) in [5, 5.41) is 1.25. The molecule has 0 N–H and O–H groups in total. The van der Waals surface area contributed by atoms with Crippen molar-refractivity contribution in [3.8, 4) is 0 Å². The van der Waals surface area contributed by atoms with E-state index in [0.29, 0.717) is 0 Å². The van der Waals surface area contributed by atoms with Crippen molar-refractivity contribution in [1.82, 2.24) is 9.88 Å². The molecule has 0 radical (unpaired) electrons. The van der Waals surface area contributed by atoms with Crippen LogP contribution in [-0.2, 0) is 13.0 Å². The first-order chi connectivity index (χ1) is 8.76. The molecule has 0 saturated carbocycles. The number of fused-ring (bicyclic) bond motifs is 1. The number of rotatable bonds is 5. The molecule has 0 unspecified atom stereocenters. The number of benzene rings is 1. The molecule has 0 spiro atoms. The molecule has 0 aliphatic carbocycles. The second kappa shape index (κ2) is 5.96. The van der Waals surface area contributed by atoms with E-state index < -0.39 is 0 Å². The van der Waals surface area contributed by atoms with Gasteiger partial charge in [0.2, 0.25) is 0 Å². The smallest absolute Gasteiger partial charge is 0.0705 e. The van der Waals surface area contributed by atoms with Crippen LogP contribution in [0, 0.1) is 0 Å². The minimum atomic E-state index is 0.997. The Morgan fingerprint density at radius 1 is 1.00 bits per heavy atom. The van der Waals surface area contributed by atoms with Crippen LogP contribution < -0.4 is 0 Å². The Hall–Kier alpha value is -1.41. The molecular weight excluding hydrogens is 220 g/mol. The molecule has 2 nitrogen and oxygen atoms in total. The molecule has 0 atom stereocenters. The SMILES string of the molecule is CCc1ccc2cc(CN(CC)CC)ccc2n1. The lowest BCUT2D eigenvalue weighted by Gasteiger charge is -2.18. The van der Waals surface area contributed by atoms with E-state index in [1.807, 2.05) is 0 Å². The molecule has 0 aliphatic rings. The van der Waals surface area contributed by atoms with Gasteiger partial charge < -0.3 is 0 Å². The summed E-state index contributed by atoms with van der Waals surface area (Å²) in [5.41, 5.74) is 3.65. The number of nitrogens with zero attached hydrogens (tertiary/aromatic N) is 2. The van der Waals surface area contributed by atoms with Crippen LogP contribution in [-0.4, -0.2) is 23.0 Å². The molecule has 1 aromatic heterocycles. The lowest BCUT2D eigenvalue weighted by molar-refractivity contribution is 0.296. The van der Waals surface area contributed by atoms with Crippen molar-refractivity contribution in [3.63, 3.8) is 0 Å². The summed E-state index contributed by atoms with van der Waals surface area (Å²) in [6.07, 6.45) is 0.997. The highest BCUT2D eigenvalue weighted by molar-refractivity contribution is 5.79. The van der Waals surface area contributed by atoms with E-state index in [-0.39, 0.29) is 0 Å². The molecule has 1 aromatic carbocycles. The van der Waals surface area contributed by atoms with Crippen LogP contribution in [0.25, 0.3) is 10.9 Å². The van der Waals surface area contributed by atoms with Crippen LogP contribution in [0.4, 0.5) is 0 Å². The van der Waals surface area contributed by atoms with E-state index in [0.717, 1.165) is 31.6 Å². The largest absolute Gasteiger partial charge is 0.300 e. The first-order valence-corrected chi connectivity index (χ1v) is 6.87. The van der Waals surface area contributed by atoms with Crippen molar-refractivity contribution in [2.75, 3.05) is 13.1 Å². The van der Waals surface area contributed by atoms with Gasteiger partial charge in [0, 0.05) is 17.6 Å². The summed E-state index contributed by atoms with van der Waals surface area (Å²) >= 11 is 0. The van der Waals surface area contributed by atoms with Gasteiger partial charge >= 0.3 is 0 Å². The van der Waals surface area contributed by atoms with E-state index in [1.54, 1.807) is 0 Å². The molecule has 0 aliphatic heterocycles. The monoisotopic (exact) mass is 242 g/mol. The molecule has 0 amide bonds. The second-order valence-corrected chi connectivity index (χ2v) is 4.64. The van der Waals surface area contributed by atoms with Crippen LogP contribution in [0.5, 0.6) is 0 Å². The molecule has 0 bridgehead atoms. The fourth-order valence-electron chi connectivity index (χ4n) is 2.22. The average molecular weight is 242 g/mol. The predicted octanol–water partition coefficient (Wildman–Crippen LogP) is 3.64. The van der Waals surface area contributed by atoms with E-state index in [4.69, 9.17) is 0 Å². The molecule has 1 heterocycles. The third-order valence-corrected chi connectivity index (χ3v) is 3.47. The van der Waals surface area contributed by atoms with Crippen molar-refractivity contribution in [2.45, 2.75) is 33.7 Å². The third-order valence-electron chi connectivity index (χ3n) is 3.47. The molecule has 0 fully saturated rings. The van der Waals surface area contributed by atoms with E-state index in [9.17, 15) is 0 Å². The predicted molar refractivity (Wildman–Crippen MR) is 77.7 cm³/mol. The summed E-state index contributed by atoms with van der Waals surface area (Å²) in [7, 11) is 0.